The van der Waals surface area contributed by atoms with E-state index >= 15 is 0 Å². The number of amides is 1. The van der Waals surface area contributed by atoms with Crippen LogP contribution in [0, 0.1) is 13.8 Å². The van der Waals surface area contributed by atoms with Crippen molar-refractivity contribution in [2.45, 2.75) is 13.8 Å². The van der Waals surface area contributed by atoms with Crippen LogP contribution in [0.2, 0.25) is 0 Å². The minimum absolute atomic E-state index is 0.0213. The molecular formula is C25H18N2O3S. The lowest BCUT2D eigenvalue weighted by Gasteiger charge is -2.06. The molecule has 0 aliphatic heterocycles. The van der Waals surface area contributed by atoms with Gasteiger partial charge in [-0.2, -0.15) is 0 Å². The first-order valence-corrected chi connectivity index (χ1v) is 10.6. The molecule has 31 heavy (non-hydrogen) atoms. The van der Waals surface area contributed by atoms with Crippen LogP contribution in [0.4, 0.5) is 5.69 Å². The van der Waals surface area contributed by atoms with Crippen LogP contribution in [0.1, 0.15) is 21.7 Å². The zero-order chi connectivity index (χ0) is 21.5. The van der Waals surface area contributed by atoms with E-state index in [4.69, 9.17) is 4.42 Å². The normalized spacial score (nSPS) is 11.2. The van der Waals surface area contributed by atoms with Gasteiger partial charge in [0.2, 0.25) is 0 Å². The zero-order valence-corrected chi connectivity index (χ0v) is 17.7. The first-order chi connectivity index (χ1) is 15.0. The maximum Gasteiger partial charge on any atom is 0.291 e. The molecule has 0 unspecified atom stereocenters. The van der Waals surface area contributed by atoms with Gasteiger partial charge in [-0.25, -0.2) is 4.98 Å². The maximum atomic E-state index is 12.6. The Balaban J connectivity index is 1.39. The van der Waals surface area contributed by atoms with Crippen molar-refractivity contribution in [1.29, 1.82) is 0 Å². The number of hydrogen-bond acceptors (Lipinski definition) is 5. The largest absolute Gasteiger partial charge is 0.451 e. The van der Waals surface area contributed by atoms with Crippen LogP contribution in [-0.2, 0) is 0 Å². The molecule has 0 saturated carbocycles. The quantitative estimate of drug-likeness (QED) is 0.388. The molecule has 2 heterocycles. The fourth-order valence-corrected chi connectivity index (χ4v) is 4.50. The van der Waals surface area contributed by atoms with Crippen molar-refractivity contribution in [2.24, 2.45) is 0 Å². The molecule has 5 nitrogen and oxygen atoms in total. The Kier molecular flexibility index (Phi) is 4.64. The van der Waals surface area contributed by atoms with E-state index in [2.05, 4.69) is 29.4 Å². The molecule has 0 atom stereocenters. The Morgan fingerprint density at radius 1 is 0.935 bits per heavy atom. The van der Waals surface area contributed by atoms with E-state index in [9.17, 15) is 9.59 Å². The molecule has 2 aromatic heterocycles. The van der Waals surface area contributed by atoms with Crippen LogP contribution < -0.4 is 10.7 Å². The molecule has 0 fully saturated rings. The molecule has 6 heteroatoms. The third-order valence-electron chi connectivity index (χ3n) is 5.04. The van der Waals surface area contributed by atoms with E-state index < -0.39 is 5.91 Å². The van der Waals surface area contributed by atoms with Gasteiger partial charge in [0.15, 0.2) is 11.2 Å². The molecule has 3 aromatic carbocycles. The topological polar surface area (TPSA) is 72.2 Å². The molecule has 5 rings (SSSR count). The number of aromatic nitrogens is 1. The summed E-state index contributed by atoms with van der Waals surface area (Å²) in [7, 11) is 0. The number of anilines is 1. The number of nitrogens with zero attached hydrogens (tertiary/aromatic N) is 1. The summed E-state index contributed by atoms with van der Waals surface area (Å²) in [5.41, 5.74) is 4.88. The fraction of sp³-hybridized carbons (Fsp3) is 0.0800. The van der Waals surface area contributed by atoms with Gasteiger partial charge >= 0.3 is 0 Å². The predicted octanol–water partition coefficient (Wildman–Crippen LogP) is 5.94. The van der Waals surface area contributed by atoms with Crippen LogP contribution >= 0.6 is 11.3 Å². The van der Waals surface area contributed by atoms with Gasteiger partial charge in [0, 0.05) is 17.3 Å². The second kappa shape index (κ2) is 7.49. The molecule has 0 saturated heterocycles. The first-order valence-electron chi connectivity index (χ1n) is 9.80. The molecule has 0 radical (unpaired) electrons. The number of carbonyl (C=O) groups excluding carboxylic acids is 1. The Hall–Kier alpha value is -3.77. The monoisotopic (exact) mass is 426 g/mol. The molecule has 1 N–H and O–H groups in total. The van der Waals surface area contributed by atoms with Crippen molar-refractivity contribution < 1.29 is 9.21 Å². The minimum atomic E-state index is -0.470. The summed E-state index contributed by atoms with van der Waals surface area (Å²) in [6.07, 6.45) is 0. The summed E-state index contributed by atoms with van der Waals surface area (Å²) < 4.78 is 6.79. The van der Waals surface area contributed by atoms with Crippen molar-refractivity contribution in [2.75, 3.05) is 5.32 Å². The number of aryl methyl sites for hydroxylation is 2. The van der Waals surface area contributed by atoms with Crippen LogP contribution in [0.15, 0.2) is 75.9 Å². The number of benzene rings is 3. The Labute approximate surface area is 182 Å². The molecule has 0 bridgehead atoms. The zero-order valence-electron chi connectivity index (χ0n) is 16.9. The fourth-order valence-electron chi connectivity index (χ4n) is 3.43. The number of fused-ring (bicyclic) bond motifs is 2. The number of nitrogens with one attached hydrogen (secondary N) is 1. The van der Waals surface area contributed by atoms with Gasteiger partial charge in [-0.05, 0) is 67.9 Å². The van der Waals surface area contributed by atoms with Gasteiger partial charge in [0.1, 0.15) is 10.6 Å². The van der Waals surface area contributed by atoms with Crippen LogP contribution in [-0.4, -0.2) is 10.9 Å². The van der Waals surface area contributed by atoms with Crippen LogP contribution in [0.5, 0.6) is 0 Å². The molecule has 5 aromatic rings. The van der Waals surface area contributed by atoms with E-state index in [0.29, 0.717) is 16.7 Å². The van der Waals surface area contributed by atoms with Crippen LogP contribution in [0.25, 0.3) is 31.8 Å². The third kappa shape index (κ3) is 3.73. The van der Waals surface area contributed by atoms with Gasteiger partial charge in [-0.3, -0.25) is 9.59 Å². The second-order valence-electron chi connectivity index (χ2n) is 7.50. The molecule has 0 aliphatic rings. The number of rotatable bonds is 3. The standard InChI is InChI=1S/C25H18N2O3S/c1-14-4-10-21-18(11-14)20(28)13-22(30-21)24(29)26-17-7-5-16(6-8-17)25-27-19-9-3-15(2)12-23(19)31-25/h3-13H,1-2H3,(H,26,29). The molecule has 0 spiro atoms. The van der Waals surface area contributed by atoms with Crippen molar-refractivity contribution in [3.63, 3.8) is 0 Å². The predicted molar refractivity (Wildman–Crippen MR) is 125 cm³/mol. The van der Waals surface area contributed by atoms with E-state index in [-0.39, 0.29) is 11.2 Å². The number of thiazole rings is 1. The first kappa shape index (κ1) is 19.2. The number of carbonyl (C=O) groups is 1. The van der Waals surface area contributed by atoms with E-state index in [0.717, 1.165) is 26.4 Å². The van der Waals surface area contributed by atoms with Gasteiger partial charge in [-0.15, -0.1) is 11.3 Å². The van der Waals surface area contributed by atoms with Crippen molar-refractivity contribution >= 4 is 44.1 Å². The lowest BCUT2D eigenvalue weighted by atomic mass is 10.1. The lowest BCUT2D eigenvalue weighted by molar-refractivity contribution is 0.0997. The highest BCUT2D eigenvalue weighted by molar-refractivity contribution is 7.21. The summed E-state index contributed by atoms with van der Waals surface area (Å²) >= 11 is 1.64. The van der Waals surface area contributed by atoms with Gasteiger partial charge in [-0.1, -0.05) is 17.7 Å². The van der Waals surface area contributed by atoms with Gasteiger partial charge < -0.3 is 9.73 Å². The summed E-state index contributed by atoms with van der Waals surface area (Å²) in [4.78, 5) is 29.7. The smallest absolute Gasteiger partial charge is 0.291 e. The lowest BCUT2D eigenvalue weighted by Crippen LogP contribution is -2.15. The Bertz CT molecular complexity index is 1510. The average Bonchev–Trinajstić information content (AvgIpc) is 3.17. The summed E-state index contributed by atoms with van der Waals surface area (Å²) in [6, 6.07) is 20.2. The van der Waals surface area contributed by atoms with Crippen molar-refractivity contribution in [3.05, 3.63) is 93.8 Å². The number of hydrogen-bond donors (Lipinski definition) is 1. The SMILES string of the molecule is Cc1ccc2nc(-c3ccc(NC(=O)c4cc(=O)c5cc(C)ccc5o4)cc3)sc2c1. The Morgan fingerprint density at radius 3 is 2.48 bits per heavy atom. The summed E-state index contributed by atoms with van der Waals surface area (Å²) in [5.74, 6) is -0.491. The molecule has 0 aliphatic carbocycles. The highest BCUT2D eigenvalue weighted by Gasteiger charge is 2.13. The van der Waals surface area contributed by atoms with Crippen molar-refractivity contribution in [1.82, 2.24) is 4.98 Å². The van der Waals surface area contributed by atoms with E-state index in [1.807, 2.05) is 43.3 Å². The summed E-state index contributed by atoms with van der Waals surface area (Å²) in [5, 5.41) is 4.18. The Morgan fingerprint density at radius 2 is 1.68 bits per heavy atom. The highest BCUT2D eigenvalue weighted by atomic mass is 32.1. The van der Waals surface area contributed by atoms with E-state index in [1.165, 1.54) is 11.6 Å². The van der Waals surface area contributed by atoms with Gasteiger partial charge in [0.25, 0.3) is 5.91 Å². The maximum absolute atomic E-state index is 12.6. The third-order valence-corrected chi connectivity index (χ3v) is 6.11. The van der Waals surface area contributed by atoms with Crippen molar-refractivity contribution in [3.8, 4) is 10.6 Å². The highest BCUT2D eigenvalue weighted by Crippen LogP contribution is 2.31. The second-order valence-corrected chi connectivity index (χ2v) is 8.53. The average molecular weight is 426 g/mol. The van der Waals surface area contributed by atoms with E-state index in [1.54, 1.807) is 23.5 Å². The minimum Gasteiger partial charge on any atom is -0.451 e. The molecule has 152 valence electrons. The molecular weight excluding hydrogens is 408 g/mol. The van der Waals surface area contributed by atoms with Gasteiger partial charge in [0.05, 0.1) is 15.6 Å². The van der Waals surface area contributed by atoms with Crippen LogP contribution in [0.3, 0.4) is 0 Å². The summed E-state index contributed by atoms with van der Waals surface area (Å²) in [6.45, 7) is 3.97. The molecule has 1 amide bonds.